The first-order chi connectivity index (χ1) is 11.5. The summed E-state index contributed by atoms with van der Waals surface area (Å²) in [6, 6.07) is 12.7. The first kappa shape index (κ1) is 16.6. The third-order valence-corrected chi connectivity index (χ3v) is 4.47. The Hall–Kier alpha value is -2.30. The number of halogens is 3. The highest BCUT2D eigenvalue weighted by Gasteiger charge is 2.31. The van der Waals surface area contributed by atoms with Gasteiger partial charge in [-0.2, -0.15) is 13.2 Å². The zero-order valence-electron chi connectivity index (χ0n) is 13.1. The third kappa shape index (κ3) is 3.45. The monoisotopic (exact) mass is 333 g/mol. The van der Waals surface area contributed by atoms with Crippen LogP contribution in [0.5, 0.6) is 0 Å². The molecule has 2 aromatic carbocycles. The molecule has 1 saturated carbocycles. The topological polar surface area (TPSA) is 20.3 Å². The van der Waals surface area contributed by atoms with E-state index in [0.29, 0.717) is 5.56 Å². The molecule has 0 aliphatic heterocycles. The second kappa shape index (κ2) is 6.67. The minimum Gasteiger partial charge on any atom is -0.338 e. The summed E-state index contributed by atoms with van der Waals surface area (Å²) >= 11 is 0. The maximum Gasteiger partial charge on any atom is 0.416 e. The quantitative estimate of drug-likeness (QED) is 0.679. The normalized spacial score (nSPS) is 15.5. The van der Waals surface area contributed by atoms with Gasteiger partial charge in [0.05, 0.1) is 5.56 Å². The van der Waals surface area contributed by atoms with Crippen LogP contribution in [0.3, 0.4) is 0 Å². The summed E-state index contributed by atoms with van der Waals surface area (Å²) in [6.07, 6.45) is 0.708. The number of carbonyl (C=O) groups is 1. The van der Waals surface area contributed by atoms with Gasteiger partial charge in [0.1, 0.15) is 6.29 Å². The van der Waals surface area contributed by atoms with Crippen molar-refractivity contribution < 1.29 is 18.0 Å². The molecule has 126 valence electrons. The number of hydrogen-bond donors (Lipinski definition) is 0. The first-order valence-corrected chi connectivity index (χ1v) is 8.01. The van der Waals surface area contributed by atoms with Crippen molar-refractivity contribution >= 4 is 17.7 Å². The van der Waals surface area contributed by atoms with Gasteiger partial charge in [0.15, 0.2) is 0 Å². The Bertz CT molecular complexity index is 686. The Morgan fingerprint density at radius 3 is 1.83 bits per heavy atom. The van der Waals surface area contributed by atoms with Gasteiger partial charge in [-0.25, -0.2) is 0 Å². The van der Waals surface area contributed by atoms with Crippen LogP contribution in [0.2, 0.25) is 0 Å². The molecule has 0 atom stereocenters. The van der Waals surface area contributed by atoms with Crippen molar-refractivity contribution in [2.45, 2.75) is 37.9 Å². The second-order valence-corrected chi connectivity index (χ2v) is 6.06. The van der Waals surface area contributed by atoms with Crippen molar-refractivity contribution in [3.8, 4) is 0 Å². The molecular formula is C19H18F3NO. The molecule has 0 aromatic heterocycles. The van der Waals surface area contributed by atoms with Crippen molar-refractivity contribution in [3.05, 3.63) is 59.7 Å². The van der Waals surface area contributed by atoms with Crippen LogP contribution >= 0.6 is 0 Å². The Kier molecular flexibility index (Phi) is 4.60. The van der Waals surface area contributed by atoms with E-state index >= 15 is 0 Å². The molecule has 0 spiro atoms. The third-order valence-electron chi connectivity index (χ3n) is 4.47. The lowest BCUT2D eigenvalue weighted by Crippen LogP contribution is -2.28. The van der Waals surface area contributed by atoms with Gasteiger partial charge in [-0.15, -0.1) is 0 Å². The number of anilines is 2. The highest BCUT2D eigenvalue weighted by molar-refractivity contribution is 5.76. The molecule has 0 radical (unpaired) electrons. The van der Waals surface area contributed by atoms with Crippen LogP contribution in [0.15, 0.2) is 48.5 Å². The minimum absolute atomic E-state index is 0.267. The molecule has 2 aromatic rings. The summed E-state index contributed by atoms with van der Waals surface area (Å²) < 4.78 is 38.3. The summed E-state index contributed by atoms with van der Waals surface area (Å²) in [4.78, 5) is 12.9. The lowest BCUT2D eigenvalue weighted by Gasteiger charge is -2.31. The molecule has 0 amide bonds. The highest BCUT2D eigenvalue weighted by atomic mass is 19.4. The van der Waals surface area contributed by atoms with Gasteiger partial charge >= 0.3 is 6.18 Å². The van der Waals surface area contributed by atoms with E-state index in [0.717, 1.165) is 55.5 Å². The molecule has 1 fully saturated rings. The van der Waals surface area contributed by atoms with E-state index in [1.54, 1.807) is 12.1 Å². The smallest absolute Gasteiger partial charge is 0.338 e. The van der Waals surface area contributed by atoms with E-state index in [2.05, 4.69) is 4.90 Å². The van der Waals surface area contributed by atoms with E-state index in [1.165, 1.54) is 12.1 Å². The van der Waals surface area contributed by atoms with Crippen molar-refractivity contribution in [1.82, 2.24) is 0 Å². The number of carbonyl (C=O) groups excluding carboxylic acids is 1. The molecule has 1 aliphatic rings. The molecule has 0 N–H and O–H groups in total. The Morgan fingerprint density at radius 1 is 0.875 bits per heavy atom. The number of aldehydes is 1. The van der Waals surface area contributed by atoms with Gasteiger partial charge in [-0.05, 0) is 61.4 Å². The molecule has 5 heteroatoms. The summed E-state index contributed by atoms with van der Waals surface area (Å²) in [7, 11) is 0. The maximum atomic E-state index is 12.8. The zero-order valence-corrected chi connectivity index (χ0v) is 13.1. The van der Waals surface area contributed by atoms with Crippen LogP contribution in [-0.4, -0.2) is 12.3 Å². The summed E-state index contributed by atoms with van der Waals surface area (Å²) in [5, 5.41) is 0. The van der Waals surface area contributed by atoms with Crippen molar-refractivity contribution in [2.75, 3.05) is 4.90 Å². The van der Waals surface area contributed by atoms with Gasteiger partial charge in [0.25, 0.3) is 0 Å². The predicted octanol–water partition coefficient (Wildman–Crippen LogP) is 5.60. The fraction of sp³-hybridized carbons (Fsp3) is 0.316. The van der Waals surface area contributed by atoms with Gasteiger partial charge in [0.2, 0.25) is 0 Å². The Balaban J connectivity index is 1.96. The molecule has 0 bridgehead atoms. The zero-order chi connectivity index (χ0) is 17.2. The van der Waals surface area contributed by atoms with Crippen molar-refractivity contribution in [2.24, 2.45) is 0 Å². The molecular weight excluding hydrogens is 315 g/mol. The largest absolute Gasteiger partial charge is 0.416 e. The van der Waals surface area contributed by atoms with Gasteiger partial charge in [0, 0.05) is 23.0 Å². The molecule has 0 heterocycles. The van der Waals surface area contributed by atoms with Crippen LogP contribution in [0.1, 0.15) is 41.6 Å². The number of hydrogen-bond acceptors (Lipinski definition) is 2. The van der Waals surface area contributed by atoms with Crippen molar-refractivity contribution in [1.29, 1.82) is 0 Å². The van der Waals surface area contributed by atoms with Gasteiger partial charge in [-0.1, -0.05) is 12.8 Å². The Morgan fingerprint density at radius 2 is 1.38 bits per heavy atom. The molecule has 0 saturated heterocycles. The lowest BCUT2D eigenvalue weighted by atomic mass is 10.1. The van der Waals surface area contributed by atoms with Gasteiger partial charge in [-0.3, -0.25) is 4.79 Å². The fourth-order valence-electron chi connectivity index (χ4n) is 3.26. The van der Waals surface area contributed by atoms with E-state index in [4.69, 9.17) is 0 Å². The average Bonchev–Trinajstić information content (AvgIpc) is 3.09. The molecule has 1 aliphatic carbocycles. The molecule has 0 unspecified atom stereocenters. The molecule has 24 heavy (non-hydrogen) atoms. The van der Waals surface area contributed by atoms with Crippen molar-refractivity contribution in [3.63, 3.8) is 0 Å². The number of benzene rings is 2. The fourth-order valence-corrected chi connectivity index (χ4v) is 3.26. The lowest BCUT2D eigenvalue weighted by molar-refractivity contribution is -0.137. The van der Waals surface area contributed by atoms with Crippen LogP contribution < -0.4 is 4.90 Å². The number of rotatable bonds is 4. The van der Waals surface area contributed by atoms with E-state index in [1.807, 2.05) is 12.1 Å². The predicted molar refractivity (Wildman–Crippen MR) is 87.7 cm³/mol. The summed E-state index contributed by atoms with van der Waals surface area (Å²) in [5.74, 6) is 0. The number of alkyl halides is 3. The van der Waals surface area contributed by atoms with E-state index < -0.39 is 11.7 Å². The Labute approximate surface area is 138 Å². The second-order valence-electron chi connectivity index (χ2n) is 6.06. The maximum absolute atomic E-state index is 12.8. The van der Waals surface area contributed by atoms with Crippen LogP contribution in [-0.2, 0) is 6.18 Å². The van der Waals surface area contributed by atoms with E-state index in [9.17, 15) is 18.0 Å². The van der Waals surface area contributed by atoms with Crippen LogP contribution in [0, 0.1) is 0 Å². The van der Waals surface area contributed by atoms with E-state index in [-0.39, 0.29) is 6.04 Å². The minimum atomic E-state index is -4.33. The highest BCUT2D eigenvalue weighted by Crippen LogP contribution is 2.37. The number of nitrogens with zero attached hydrogens (tertiary/aromatic N) is 1. The average molecular weight is 333 g/mol. The summed E-state index contributed by atoms with van der Waals surface area (Å²) in [5.41, 5.74) is 1.58. The first-order valence-electron chi connectivity index (χ1n) is 8.01. The SMILES string of the molecule is O=Cc1ccc(N(c2ccc(C(F)(F)F)cc2)C2CCCC2)cc1. The standard InChI is InChI=1S/C19H18F3NO/c20-19(21,22)15-7-11-18(12-8-15)23(16-3-1-2-4-16)17-9-5-14(13-24)6-10-17/h5-13,16H,1-4H2. The van der Waals surface area contributed by atoms with Crippen LogP contribution in [0.4, 0.5) is 24.5 Å². The van der Waals surface area contributed by atoms with Crippen LogP contribution in [0.25, 0.3) is 0 Å². The molecule has 2 nitrogen and oxygen atoms in total. The van der Waals surface area contributed by atoms with Gasteiger partial charge < -0.3 is 4.90 Å². The summed E-state index contributed by atoms with van der Waals surface area (Å²) in [6.45, 7) is 0. The molecule has 3 rings (SSSR count).